The van der Waals surface area contributed by atoms with Gasteiger partial charge in [0.2, 0.25) is 0 Å². The van der Waals surface area contributed by atoms with Crippen molar-refractivity contribution in [1.29, 1.82) is 0 Å². The highest BCUT2D eigenvalue weighted by Gasteiger charge is 2.18. The monoisotopic (exact) mass is 337 g/mol. The highest BCUT2D eigenvalue weighted by molar-refractivity contribution is 9.10. The first kappa shape index (κ1) is 14.8. The normalized spacial score (nSPS) is 11.4. The summed E-state index contributed by atoms with van der Waals surface area (Å²) in [5.74, 6) is 0.346. The molecule has 0 radical (unpaired) electrons. The average Bonchev–Trinajstić information content (AvgIpc) is 2.24. The van der Waals surface area contributed by atoms with E-state index in [0.717, 1.165) is 4.47 Å². The van der Waals surface area contributed by atoms with Crippen molar-refractivity contribution in [2.45, 2.75) is 13.8 Å². The number of nitrogens with one attached hydrogen (secondary N) is 1. The molecular formula is C12H14BrCl2NO. The van der Waals surface area contributed by atoms with Crippen LogP contribution in [-0.4, -0.2) is 18.3 Å². The standard InChI is InChI=1S/C12H14BrCl2NO/c1-12(2,6-14)7-16-11(17)8-3-9(13)5-10(15)4-8/h3-5H,6-7H2,1-2H3,(H,16,17). The van der Waals surface area contributed by atoms with Gasteiger partial charge in [0, 0.05) is 27.5 Å². The summed E-state index contributed by atoms with van der Waals surface area (Å²) in [6.07, 6.45) is 0. The molecule has 0 spiro atoms. The number of amides is 1. The largest absolute Gasteiger partial charge is 0.351 e. The fourth-order valence-electron chi connectivity index (χ4n) is 1.15. The number of alkyl halides is 1. The minimum absolute atomic E-state index is 0.118. The first-order chi connectivity index (χ1) is 7.84. The zero-order valence-electron chi connectivity index (χ0n) is 9.69. The Morgan fingerprint density at radius 3 is 2.59 bits per heavy atom. The number of hydrogen-bond acceptors (Lipinski definition) is 1. The highest BCUT2D eigenvalue weighted by atomic mass is 79.9. The second-order valence-corrected chi connectivity index (χ2v) is 6.26. The van der Waals surface area contributed by atoms with Crippen LogP contribution in [0.25, 0.3) is 0 Å². The van der Waals surface area contributed by atoms with Gasteiger partial charge in [-0.15, -0.1) is 11.6 Å². The molecule has 0 saturated heterocycles. The van der Waals surface area contributed by atoms with Gasteiger partial charge in [-0.1, -0.05) is 41.4 Å². The van der Waals surface area contributed by atoms with Crippen molar-refractivity contribution in [3.8, 4) is 0 Å². The van der Waals surface area contributed by atoms with Crippen LogP contribution < -0.4 is 5.32 Å². The van der Waals surface area contributed by atoms with Crippen molar-refractivity contribution in [2.24, 2.45) is 5.41 Å². The number of carbonyl (C=O) groups excluding carboxylic acids is 1. The van der Waals surface area contributed by atoms with Crippen LogP contribution in [0.3, 0.4) is 0 Å². The lowest BCUT2D eigenvalue weighted by Crippen LogP contribution is -2.35. The number of hydrogen-bond donors (Lipinski definition) is 1. The third-order valence-electron chi connectivity index (χ3n) is 2.21. The molecule has 2 nitrogen and oxygen atoms in total. The van der Waals surface area contributed by atoms with Crippen LogP contribution in [-0.2, 0) is 0 Å². The molecule has 0 unspecified atom stereocenters. The molecule has 0 saturated carbocycles. The second kappa shape index (κ2) is 6.07. The molecular weight excluding hydrogens is 325 g/mol. The van der Waals surface area contributed by atoms with Crippen molar-refractivity contribution < 1.29 is 4.79 Å². The van der Waals surface area contributed by atoms with Gasteiger partial charge in [-0.2, -0.15) is 0 Å². The predicted molar refractivity (Wildman–Crippen MR) is 76.0 cm³/mol. The molecule has 0 aromatic heterocycles. The lowest BCUT2D eigenvalue weighted by molar-refractivity contribution is 0.0940. The number of rotatable bonds is 4. The molecule has 1 aromatic carbocycles. The predicted octanol–water partition coefficient (Wildman–Crippen LogP) is 4.10. The van der Waals surface area contributed by atoms with Crippen LogP contribution >= 0.6 is 39.1 Å². The Labute approximate surface area is 120 Å². The summed E-state index contributed by atoms with van der Waals surface area (Å²) in [7, 11) is 0. The van der Waals surface area contributed by atoms with Gasteiger partial charge >= 0.3 is 0 Å². The first-order valence-electron chi connectivity index (χ1n) is 5.14. The SMILES string of the molecule is CC(C)(CCl)CNC(=O)c1cc(Cl)cc(Br)c1. The Morgan fingerprint density at radius 1 is 1.41 bits per heavy atom. The Balaban J connectivity index is 2.70. The Hall–Kier alpha value is -0.250. The van der Waals surface area contributed by atoms with E-state index < -0.39 is 0 Å². The minimum Gasteiger partial charge on any atom is -0.351 e. The maximum atomic E-state index is 11.9. The van der Waals surface area contributed by atoms with E-state index in [4.69, 9.17) is 23.2 Å². The van der Waals surface area contributed by atoms with Crippen LogP contribution in [0.2, 0.25) is 5.02 Å². The summed E-state index contributed by atoms with van der Waals surface area (Å²) in [5.41, 5.74) is 0.419. The Morgan fingerprint density at radius 2 is 2.06 bits per heavy atom. The number of benzene rings is 1. The molecule has 17 heavy (non-hydrogen) atoms. The fraction of sp³-hybridized carbons (Fsp3) is 0.417. The first-order valence-corrected chi connectivity index (χ1v) is 6.85. The van der Waals surface area contributed by atoms with Gasteiger partial charge < -0.3 is 5.32 Å². The van der Waals surface area contributed by atoms with Gasteiger partial charge in [-0.05, 0) is 23.6 Å². The van der Waals surface area contributed by atoms with Gasteiger partial charge in [0.15, 0.2) is 0 Å². The summed E-state index contributed by atoms with van der Waals surface area (Å²) in [6.45, 7) is 4.52. The molecule has 1 rings (SSSR count). The van der Waals surface area contributed by atoms with Gasteiger partial charge in [0.1, 0.15) is 0 Å². The molecule has 0 bridgehead atoms. The molecule has 1 N–H and O–H groups in total. The smallest absolute Gasteiger partial charge is 0.251 e. The maximum Gasteiger partial charge on any atom is 0.251 e. The third-order valence-corrected chi connectivity index (χ3v) is 3.61. The summed E-state index contributed by atoms with van der Waals surface area (Å²) in [5, 5.41) is 3.37. The quantitative estimate of drug-likeness (QED) is 0.823. The van der Waals surface area contributed by atoms with Crippen LogP contribution in [0.15, 0.2) is 22.7 Å². The van der Waals surface area contributed by atoms with Crippen molar-refractivity contribution in [2.75, 3.05) is 12.4 Å². The summed E-state index contributed by atoms with van der Waals surface area (Å²) < 4.78 is 0.784. The van der Waals surface area contributed by atoms with E-state index in [2.05, 4.69) is 21.2 Å². The minimum atomic E-state index is -0.147. The maximum absolute atomic E-state index is 11.9. The number of halogens is 3. The molecule has 1 aromatic rings. The van der Waals surface area contributed by atoms with Crippen molar-refractivity contribution >= 4 is 45.0 Å². The van der Waals surface area contributed by atoms with E-state index in [0.29, 0.717) is 23.0 Å². The van der Waals surface area contributed by atoms with E-state index in [9.17, 15) is 4.79 Å². The average molecular weight is 339 g/mol. The second-order valence-electron chi connectivity index (χ2n) is 4.64. The van der Waals surface area contributed by atoms with Crippen LogP contribution in [0.5, 0.6) is 0 Å². The molecule has 0 atom stereocenters. The number of carbonyl (C=O) groups is 1. The molecule has 0 heterocycles. The van der Waals surface area contributed by atoms with Crippen LogP contribution in [0, 0.1) is 5.41 Å². The molecule has 0 aliphatic carbocycles. The van der Waals surface area contributed by atoms with Gasteiger partial charge in [0.05, 0.1) is 0 Å². The zero-order valence-corrected chi connectivity index (χ0v) is 12.8. The summed E-state index contributed by atoms with van der Waals surface area (Å²) in [6, 6.07) is 5.10. The molecule has 94 valence electrons. The topological polar surface area (TPSA) is 29.1 Å². The van der Waals surface area contributed by atoms with E-state index >= 15 is 0 Å². The zero-order chi connectivity index (χ0) is 13.1. The molecule has 5 heteroatoms. The summed E-state index contributed by atoms with van der Waals surface area (Å²) >= 11 is 15.0. The third kappa shape index (κ3) is 4.86. The Kier molecular flexibility index (Phi) is 5.29. The summed E-state index contributed by atoms with van der Waals surface area (Å²) in [4.78, 5) is 11.9. The van der Waals surface area contributed by atoms with Gasteiger partial charge in [-0.25, -0.2) is 0 Å². The van der Waals surface area contributed by atoms with Gasteiger partial charge in [0.25, 0.3) is 5.91 Å². The van der Waals surface area contributed by atoms with Gasteiger partial charge in [-0.3, -0.25) is 4.79 Å². The lowest BCUT2D eigenvalue weighted by atomic mass is 9.96. The van der Waals surface area contributed by atoms with Crippen LogP contribution in [0.4, 0.5) is 0 Å². The van der Waals surface area contributed by atoms with Crippen molar-refractivity contribution in [1.82, 2.24) is 5.32 Å². The molecule has 0 aliphatic rings. The van der Waals surface area contributed by atoms with E-state index in [1.54, 1.807) is 18.2 Å². The fourth-order valence-corrected chi connectivity index (χ4v) is 2.11. The molecule has 0 aliphatic heterocycles. The van der Waals surface area contributed by atoms with Crippen molar-refractivity contribution in [3.63, 3.8) is 0 Å². The Bertz CT molecular complexity index is 401. The molecule has 0 fully saturated rings. The van der Waals surface area contributed by atoms with E-state index in [-0.39, 0.29) is 11.3 Å². The van der Waals surface area contributed by atoms with Crippen LogP contribution in [0.1, 0.15) is 24.2 Å². The molecule has 1 amide bonds. The lowest BCUT2D eigenvalue weighted by Gasteiger charge is -2.21. The highest BCUT2D eigenvalue weighted by Crippen LogP contribution is 2.20. The van der Waals surface area contributed by atoms with E-state index in [1.807, 2.05) is 13.8 Å². The van der Waals surface area contributed by atoms with E-state index in [1.165, 1.54) is 0 Å². The van der Waals surface area contributed by atoms with Crippen molar-refractivity contribution in [3.05, 3.63) is 33.3 Å².